The van der Waals surface area contributed by atoms with E-state index in [9.17, 15) is 4.79 Å². The molecule has 156 valence electrons. The van der Waals surface area contributed by atoms with E-state index >= 15 is 0 Å². The van der Waals surface area contributed by atoms with Gasteiger partial charge in [0.05, 0.1) is 30.6 Å². The van der Waals surface area contributed by atoms with Crippen LogP contribution in [-0.2, 0) is 4.74 Å². The fourth-order valence-corrected chi connectivity index (χ4v) is 4.50. The first kappa shape index (κ1) is 18.7. The van der Waals surface area contributed by atoms with E-state index in [4.69, 9.17) is 9.72 Å². The van der Waals surface area contributed by atoms with E-state index in [0.717, 1.165) is 36.6 Å². The van der Waals surface area contributed by atoms with Crippen molar-refractivity contribution in [1.82, 2.24) is 34.5 Å². The SMILES string of the molecule is CCOC(=O)c1cnn(-c2ncc3c(n2)N(C2CCCC2)[C@H](CC)c2nncn2-3)c1. The number of esters is 1. The Balaban J connectivity index is 1.59. The Morgan fingerprint density at radius 2 is 2.07 bits per heavy atom. The number of hydrogen-bond acceptors (Lipinski definition) is 8. The molecule has 1 fully saturated rings. The maximum Gasteiger partial charge on any atom is 0.341 e. The van der Waals surface area contributed by atoms with Crippen molar-refractivity contribution < 1.29 is 9.53 Å². The lowest BCUT2D eigenvalue weighted by molar-refractivity contribution is 0.0526. The van der Waals surface area contributed by atoms with Crippen LogP contribution in [0.1, 0.15) is 68.2 Å². The average Bonchev–Trinajstić information content (AvgIpc) is 3.54. The van der Waals surface area contributed by atoms with Gasteiger partial charge in [-0.1, -0.05) is 19.8 Å². The zero-order valence-electron chi connectivity index (χ0n) is 17.1. The van der Waals surface area contributed by atoms with Gasteiger partial charge in [0.2, 0.25) is 0 Å². The standard InChI is InChI=1S/C20H24N8O2/c1-3-15-18-25-22-12-26(18)16-10-21-20(24-17(16)28(15)14-7-5-6-8-14)27-11-13(9-23-27)19(29)30-4-2/h9-12,14-15H,3-8H2,1-2H3/t15-/m1/s1. The predicted octanol–water partition coefficient (Wildman–Crippen LogP) is 2.63. The van der Waals surface area contributed by atoms with Gasteiger partial charge in [-0.3, -0.25) is 4.57 Å². The maximum atomic E-state index is 12.0. The molecule has 10 heteroatoms. The van der Waals surface area contributed by atoms with E-state index in [1.54, 1.807) is 25.6 Å². The molecular weight excluding hydrogens is 384 g/mol. The number of aromatic nitrogens is 7. The van der Waals surface area contributed by atoms with Crippen molar-refractivity contribution >= 4 is 11.8 Å². The first-order valence-electron chi connectivity index (χ1n) is 10.5. The van der Waals surface area contributed by atoms with Gasteiger partial charge in [0.15, 0.2) is 11.6 Å². The molecule has 0 radical (unpaired) electrons. The first-order valence-corrected chi connectivity index (χ1v) is 10.5. The van der Waals surface area contributed by atoms with Crippen LogP contribution in [0.5, 0.6) is 0 Å². The van der Waals surface area contributed by atoms with Crippen molar-refractivity contribution in [3.8, 4) is 11.6 Å². The van der Waals surface area contributed by atoms with Crippen molar-refractivity contribution in [3.05, 3.63) is 36.3 Å². The Labute approximate surface area is 173 Å². The number of ether oxygens (including phenoxy) is 1. The predicted molar refractivity (Wildman–Crippen MR) is 108 cm³/mol. The molecule has 0 bridgehead atoms. The number of nitrogens with zero attached hydrogens (tertiary/aromatic N) is 8. The number of carbonyl (C=O) groups is 1. The summed E-state index contributed by atoms with van der Waals surface area (Å²) in [4.78, 5) is 23.8. The number of anilines is 1. The molecule has 0 saturated heterocycles. The fraction of sp³-hybridized carbons (Fsp3) is 0.500. The molecular formula is C20H24N8O2. The summed E-state index contributed by atoms with van der Waals surface area (Å²) in [7, 11) is 0. The van der Waals surface area contributed by atoms with Crippen LogP contribution < -0.4 is 4.90 Å². The van der Waals surface area contributed by atoms with Crippen molar-refractivity contribution in [2.24, 2.45) is 0 Å². The van der Waals surface area contributed by atoms with Gasteiger partial charge in [0.1, 0.15) is 12.0 Å². The van der Waals surface area contributed by atoms with Crippen LogP contribution in [0, 0.1) is 0 Å². The number of carbonyl (C=O) groups excluding carboxylic acids is 1. The van der Waals surface area contributed by atoms with E-state index < -0.39 is 5.97 Å². The van der Waals surface area contributed by atoms with E-state index in [1.807, 2.05) is 4.57 Å². The normalized spacial score (nSPS) is 18.3. The molecule has 0 unspecified atom stereocenters. The van der Waals surface area contributed by atoms with Crippen LogP contribution in [0.3, 0.4) is 0 Å². The monoisotopic (exact) mass is 408 g/mol. The Hall–Kier alpha value is -3.30. The first-order chi connectivity index (χ1) is 14.7. The molecule has 1 saturated carbocycles. The minimum Gasteiger partial charge on any atom is -0.462 e. The summed E-state index contributed by atoms with van der Waals surface area (Å²) in [5, 5.41) is 12.8. The quantitative estimate of drug-likeness (QED) is 0.594. The third-order valence-corrected chi connectivity index (χ3v) is 5.85. The summed E-state index contributed by atoms with van der Waals surface area (Å²) in [5.41, 5.74) is 1.24. The van der Waals surface area contributed by atoms with E-state index in [2.05, 4.69) is 32.1 Å². The molecule has 10 nitrogen and oxygen atoms in total. The average molecular weight is 408 g/mol. The van der Waals surface area contributed by atoms with E-state index in [0.29, 0.717) is 24.2 Å². The summed E-state index contributed by atoms with van der Waals surface area (Å²) in [6.45, 7) is 4.25. The number of hydrogen-bond donors (Lipinski definition) is 0. The molecule has 1 aliphatic carbocycles. The summed E-state index contributed by atoms with van der Waals surface area (Å²) >= 11 is 0. The summed E-state index contributed by atoms with van der Waals surface area (Å²) in [6, 6.07) is 0.521. The molecule has 3 aromatic rings. The number of fused-ring (bicyclic) bond motifs is 3. The lowest BCUT2D eigenvalue weighted by atomic mass is 10.0. The molecule has 2 aliphatic rings. The highest BCUT2D eigenvalue weighted by molar-refractivity contribution is 5.88. The molecule has 0 amide bonds. The fourth-order valence-electron chi connectivity index (χ4n) is 4.50. The van der Waals surface area contributed by atoms with Gasteiger partial charge >= 0.3 is 5.97 Å². The Bertz CT molecular complexity index is 1070. The van der Waals surface area contributed by atoms with Crippen molar-refractivity contribution in [1.29, 1.82) is 0 Å². The lowest BCUT2D eigenvalue weighted by Gasteiger charge is -2.40. The Morgan fingerprint density at radius 1 is 1.23 bits per heavy atom. The van der Waals surface area contributed by atoms with Crippen LogP contribution in [0.4, 0.5) is 5.82 Å². The zero-order chi connectivity index (χ0) is 20.7. The van der Waals surface area contributed by atoms with Gasteiger partial charge in [-0.2, -0.15) is 10.1 Å². The summed E-state index contributed by atoms with van der Waals surface area (Å²) in [5.74, 6) is 1.80. The maximum absolute atomic E-state index is 12.0. The second-order valence-electron chi connectivity index (χ2n) is 7.60. The van der Waals surface area contributed by atoms with Crippen LogP contribution in [0.25, 0.3) is 11.6 Å². The second-order valence-corrected chi connectivity index (χ2v) is 7.60. The highest BCUT2D eigenvalue weighted by Crippen LogP contribution is 2.42. The molecule has 5 rings (SSSR count). The van der Waals surface area contributed by atoms with Crippen molar-refractivity contribution in [2.75, 3.05) is 11.5 Å². The zero-order valence-corrected chi connectivity index (χ0v) is 17.1. The topological polar surface area (TPSA) is 104 Å². The Kier molecular flexibility index (Phi) is 4.68. The minimum absolute atomic E-state index is 0.110. The third-order valence-electron chi connectivity index (χ3n) is 5.85. The molecule has 0 spiro atoms. The largest absolute Gasteiger partial charge is 0.462 e. The highest BCUT2D eigenvalue weighted by Gasteiger charge is 2.38. The van der Waals surface area contributed by atoms with Crippen molar-refractivity contribution in [3.63, 3.8) is 0 Å². The van der Waals surface area contributed by atoms with Crippen LogP contribution in [0.2, 0.25) is 0 Å². The molecule has 1 atom stereocenters. The smallest absolute Gasteiger partial charge is 0.341 e. The molecule has 0 aromatic carbocycles. The van der Waals surface area contributed by atoms with Crippen molar-refractivity contribution in [2.45, 2.75) is 58.0 Å². The molecule has 0 N–H and O–H groups in total. The lowest BCUT2D eigenvalue weighted by Crippen LogP contribution is -2.42. The van der Waals surface area contributed by atoms with Gasteiger partial charge < -0.3 is 9.64 Å². The van der Waals surface area contributed by atoms with Gasteiger partial charge in [0, 0.05) is 12.2 Å². The van der Waals surface area contributed by atoms with E-state index in [1.165, 1.54) is 23.7 Å². The van der Waals surface area contributed by atoms with Gasteiger partial charge in [-0.25, -0.2) is 14.5 Å². The van der Waals surface area contributed by atoms with Crippen LogP contribution in [0.15, 0.2) is 24.9 Å². The molecule has 30 heavy (non-hydrogen) atoms. The van der Waals surface area contributed by atoms with Gasteiger partial charge in [-0.05, 0) is 26.2 Å². The highest BCUT2D eigenvalue weighted by atomic mass is 16.5. The van der Waals surface area contributed by atoms with Crippen LogP contribution in [-0.4, -0.2) is 53.1 Å². The summed E-state index contributed by atoms with van der Waals surface area (Å²) in [6.07, 6.45) is 12.2. The second kappa shape index (κ2) is 7.51. The third kappa shape index (κ3) is 2.94. The molecule has 1 aliphatic heterocycles. The van der Waals surface area contributed by atoms with Crippen LogP contribution >= 0.6 is 0 Å². The molecule has 3 aromatic heterocycles. The summed E-state index contributed by atoms with van der Waals surface area (Å²) < 4.78 is 8.55. The van der Waals surface area contributed by atoms with Gasteiger partial charge in [0.25, 0.3) is 5.95 Å². The molecule has 4 heterocycles. The van der Waals surface area contributed by atoms with E-state index in [-0.39, 0.29) is 6.04 Å². The Morgan fingerprint density at radius 3 is 2.83 bits per heavy atom. The number of rotatable bonds is 5. The van der Waals surface area contributed by atoms with Gasteiger partial charge in [-0.15, -0.1) is 10.2 Å². The minimum atomic E-state index is -0.408.